The van der Waals surface area contributed by atoms with E-state index in [1.54, 1.807) is 26.0 Å². The van der Waals surface area contributed by atoms with Crippen LogP contribution in [0.3, 0.4) is 0 Å². The number of halogens is 1. The quantitative estimate of drug-likeness (QED) is 0.813. The highest BCUT2D eigenvalue weighted by molar-refractivity contribution is 5.87. The van der Waals surface area contributed by atoms with Gasteiger partial charge in [-0.15, -0.1) is 0 Å². The number of carboxylic acid groups (broad SMARTS) is 1. The Labute approximate surface area is 124 Å². The second kappa shape index (κ2) is 7.20. The molecular weight excluding hydrogens is 273 g/mol. The Hall–Kier alpha value is -1.91. The third-order valence-corrected chi connectivity index (χ3v) is 3.78. The number of carbonyl (C=O) groups is 2. The molecule has 0 aromatic heterocycles. The zero-order valence-corrected chi connectivity index (χ0v) is 12.6. The highest BCUT2D eigenvalue weighted by atomic mass is 19.1. The summed E-state index contributed by atoms with van der Waals surface area (Å²) in [4.78, 5) is 23.2. The summed E-state index contributed by atoms with van der Waals surface area (Å²) in [6.07, 6.45) is 1.42. The van der Waals surface area contributed by atoms with Crippen LogP contribution in [0.25, 0.3) is 0 Å². The number of amides is 1. The van der Waals surface area contributed by atoms with Crippen molar-refractivity contribution in [1.82, 2.24) is 5.32 Å². The van der Waals surface area contributed by atoms with Crippen LogP contribution >= 0.6 is 0 Å². The van der Waals surface area contributed by atoms with Gasteiger partial charge in [0, 0.05) is 5.92 Å². The summed E-state index contributed by atoms with van der Waals surface area (Å²) in [5, 5.41) is 11.7. The second-order valence-electron chi connectivity index (χ2n) is 5.55. The van der Waals surface area contributed by atoms with Crippen LogP contribution in [-0.2, 0) is 16.0 Å². The van der Waals surface area contributed by atoms with Gasteiger partial charge in [-0.3, -0.25) is 4.79 Å². The fraction of sp³-hybridized carbons (Fsp3) is 0.500. The largest absolute Gasteiger partial charge is 0.480 e. The Kier molecular flexibility index (Phi) is 5.88. The zero-order valence-electron chi connectivity index (χ0n) is 12.6. The van der Waals surface area contributed by atoms with Gasteiger partial charge in [0.2, 0.25) is 5.91 Å². The number of nitrogens with one attached hydrogen (secondary N) is 1. The van der Waals surface area contributed by atoms with Crippen LogP contribution in [-0.4, -0.2) is 22.5 Å². The minimum atomic E-state index is -1.25. The molecule has 0 aliphatic heterocycles. The number of rotatable bonds is 7. The third-order valence-electron chi connectivity index (χ3n) is 3.78. The van der Waals surface area contributed by atoms with Gasteiger partial charge in [-0.2, -0.15) is 0 Å². The lowest BCUT2D eigenvalue weighted by atomic mass is 9.95. The molecule has 1 amide bonds. The van der Waals surface area contributed by atoms with E-state index in [0.717, 1.165) is 5.56 Å². The Morgan fingerprint density at radius 2 is 2.10 bits per heavy atom. The fourth-order valence-corrected chi connectivity index (χ4v) is 1.89. The molecule has 2 atom stereocenters. The number of carboxylic acids is 1. The van der Waals surface area contributed by atoms with E-state index in [9.17, 15) is 14.0 Å². The van der Waals surface area contributed by atoms with E-state index in [2.05, 4.69) is 5.32 Å². The van der Waals surface area contributed by atoms with Crippen molar-refractivity contribution in [1.29, 1.82) is 0 Å². The van der Waals surface area contributed by atoms with Crippen LogP contribution in [0.15, 0.2) is 24.3 Å². The van der Waals surface area contributed by atoms with E-state index in [1.807, 2.05) is 0 Å². The molecule has 0 saturated heterocycles. The zero-order chi connectivity index (χ0) is 16.0. The van der Waals surface area contributed by atoms with E-state index in [0.29, 0.717) is 19.3 Å². The van der Waals surface area contributed by atoms with Gasteiger partial charge in [0.15, 0.2) is 0 Å². The van der Waals surface area contributed by atoms with E-state index in [4.69, 9.17) is 5.11 Å². The number of aliphatic carboxylic acids is 1. The molecule has 1 rings (SSSR count). The van der Waals surface area contributed by atoms with Gasteiger partial charge in [0.25, 0.3) is 0 Å². The lowest BCUT2D eigenvalue weighted by molar-refractivity contribution is -0.147. The van der Waals surface area contributed by atoms with Crippen molar-refractivity contribution in [2.45, 2.75) is 45.6 Å². The predicted octanol–water partition coefficient (Wildman–Crippen LogP) is 2.76. The van der Waals surface area contributed by atoms with Gasteiger partial charge in [-0.1, -0.05) is 26.0 Å². The van der Waals surface area contributed by atoms with Gasteiger partial charge >= 0.3 is 5.97 Å². The Morgan fingerprint density at radius 3 is 2.62 bits per heavy atom. The Morgan fingerprint density at radius 1 is 1.43 bits per heavy atom. The molecule has 4 nitrogen and oxygen atoms in total. The van der Waals surface area contributed by atoms with E-state index >= 15 is 0 Å². The minimum Gasteiger partial charge on any atom is -0.480 e. The lowest BCUT2D eigenvalue weighted by Gasteiger charge is -2.26. The molecule has 0 spiro atoms. The highest BCUT2D eigenvalue weighted by Crippen LogP contribution is 2.15. The van der Waals surface area contributed by atoms with Crippen LogP contribution in [0.5, 0.6) is 0 Å². The molecule has 21 heavy (non-hydrogen) atoms. The first kappa shape index (κ1) is 17.1. The number of carbonyl (C=O) groups excluding carboxylic acids is 1. The van der Waals surface area contributed by atoms with Crippen LogP contribution in [0.1, 0.15) is 39.2 Å². The maximum Gasteiger partial charge on any atom is 0.329 e. The van der Waals surface area contributed by atoms with Crippen molar-refractivity contribution >= 4 is 11.9 Å². The predicted molar refractivity (Wildman–Crippen MR) is 78.4 cm³/mol. The molecule has 2 N–H and O–H groups in total. The molecule has 0 radical (unpaired) electrons. The first-order valence-electron chi connectivity index (χ1n) is 7.08. The van der Waals surface area contributed by atoms with E-state index in [-0.39, 0.29) is 17.6 Å². The molecule has 0 saturated carbocycles. The SMILES string of the molecule is CCC(C)(NC(=O)C(C)CCc1cccc(F)c1)C(=O)O. The highest BCUT2D eigenvalue weighted by Gasteiger charge is 2.33. The summed E-state index contributed by atoms with van der Waals surface area (Å²) in [5.74, 6) is -1.97. The van der Waals surface area contributed by atoms with Crippen LogP contribution in [0.4, 0.5) is 4.39 Å². The summed E-state index contributed by atoms with van der Waals surface area (Å²) in [6.45, 7) is 4.95. The molecular formula is C16H22FNO3. The van der Waals surface area contributed by atoms with Crippen LogP contribution < -0.4 is 5.32 Å². The molecule has 0 aliphatic carbocycles. The maximum atomic E-state index is 13.1. The van der Waals surface area contributed by atoms with Crippen LogP contribution in [0, 0.1) is 11.7 Å². The number of aryl methyl sites for hydroxylation is 1. The smallest absolute Gasteiger partial charge is 0.329 e. The molecule has 1 aromatic rings. The molecule has 0 bridgehead atoms. The van der Waals surface area contributed by atoms with Crippen molar-refractivity contribution in [3.63, 3.8) is 0 Å². The monoisotopic (exact) mass is 295 g/mol. The maximum absolute atomic E-state index is 13.1. The third kappa shape index (κ3) is 4.85. The molecule has 0 fully saturated rings. The van der Waals surface area contributed by atoms with Gasteiger partial charge < -0.3 is 10.4 Å². The molecule has 2 unspecified atom stereocenters. The first-order valence-corrected chi connectivity index (χ1v) is 7.08. The summed E-state index contributed by atoms with van der Waals surface area (Å²) >= 11 is 0. The lowest BCUT2D eigenvalue weighted by Crippen LogP contribution is -2.53. The summed E-state index contributed by atoms with van der Waals surface area (Å²) in [6, 6.07) is 6.26. The standard InChI is InChI=1S/C16H22FNO3/c1-4-16(3,15(20)21)18-14(19)11(2)8-9-12-6-5-7-13(17)10-12/h5-7,10-11H,4,8-9H2,1-3H3,(H,18,19)(H,20,21). The van der Waals surface area contributed by atoms with Crippen molar-refractivity contribution < 1.29 is 19.1 Å². The Balaban J connectivity index is 2.57. The second-order valence-corrected chi connectivity index (χ2v) is 5.55. The van der Waals surface area contributed by atoms with Gasteiger partial charge in [0.05, 0.1) is 0 Å². The van der Waals surface area contributed by atoms with E-state index in [1.165, 1.54) is 19.1 Å². The molecule has 0 aliphatic rings. The molecule has 0 heterocycles. The summed E-state index contributed by atoms with van der Waals surface area (Å²) in [5.41, 5.74) is -0.421. The van der Waals surface area contributed by atoms with Crippen molar-refractivity contribution in [3.8, 4) is 0 Å². The average molecular weight is 295 g/mol. The topological polar surface area (TPSA) is 66.4 Å². The van der Waals surface area contributed by atoms with Crippen molar-refractivity contribution in [2.75, 3.05) is 0 Å². The summed E-state index contributed by atoms with van der Waals surface area (Å²) < 4.78 is 13.1. The number of hydrogen-bond donors (Lipinski definition) is 2. The van der Waals surface area contributed by atoms with Gasteiger partial charge in [-0.05, 0) is 43.9 Å². The van der Waals surface area contributed by atoms with Gasteiger partial charge in [0.1, 0.15) is 11.4 Å². The molecule has 116 valence electrons. The average Bonchev–Trinajstić information content (AvgIpc) is 2.44. The van der Waals surface area contributed by atoms with Gasteiger partial charge in [-0.25, -0.2) is 9.18 Å². The molecule has 1 aromatic carbocycles. The number of hydrogen-bond acceptors (Lipinski definition) is 2. The molecule has 5 heteroatoms. The number of benzene rings is 1. The normalized spacial score (nSPS) is 15.0. The Bertz CT molecular complexity index is 518. The first-order chi connectivity index (χ1) is 9.78. The van der Waals surface area contributed by atoms with Crippen molar-refractivity contribution in [3.05, 3.63) is 35.6 Å². The van der Waals surface area contributed by atoms with E-state index < -0.39 is 11.5 Å². The fourth-order valence-electron chi connectivity index (χ4n) is 1.89. The minimum absolute atomic E-state index is 0.293. The summed E-state index contributed by atoms with van der Waals surface area (Å²) in [7, 11) is 0. The van der Waals surface area contributed by atoms with Crippen LogP contribution in [0.2, 0.25) is 0 Å². The van der Waals surface area contributed by atoms with Crippen molar-refractivity contribution in [2.24, 2.45) is 5.92 Å².